The van der Waals surface area contributed by atoms with Crippen LogP contribution in [0.5, 0.6) is 5.75 Å². The Balaban J connectivity index is 1.60. The Hall–Kier alpha value is -3.92. The van der Waals surface area contributed by atoms with Gasteiger partial charge >= 0.3 is 13.7 Å². The Morgan fingerprint density at radius 1 is 0.977 bits per heavy atom. The molecule has 2 N–H and O–H groups in total. The van der Waals surface area contributed by atoms with E-state index in [1.165, 1.54) is 11.7 Å². The van der Waals surface area contributed by atoms with Crippen molar-refractivity contribution in [3.63, 3.8) is 0 Å². The summed E-state index contributed by atoms with van der Waals surface area (Å²) in [6, 6.07) is 27.2. The number of rotatable bonds is 11. The summed E-state index contributed by atoms with van der Waals surface area (Å²) in [4.78, 5) is 28.9. The van der Waals surface area contributed by atoms with Gasteiger partial charge < -0.3 is 29.6 Å². The normalized spacial score (nSPS) is 20.6. The van der Waals surface area contributed by atoms with Gasteiger partial charge in [-0.15, -0.1) is 0 Å². The highest BCUT2D eigenvalue weighted by Crippen LogP contribution is 2.44. The number of benzene rings is 3. The summed E-state index contributed by atoms with van der Waals surface area (Å²) in [6.45, 7) is 1.71. The standard InChI is InChI=1S/C32H34N3O7P/c1-21-18-35(31(36)34-29(21)33)30-28(40-3)26(20-43(37)38)27(42-30)19-41-32(22-10-6-4-7-11-22,23-12-8-5-9-13-23)24-14-16-25(39-2)17-15-24/h4-18,26-28,30H,19-20H2,1-3H3,(H2,33,34,36)/t26-,27-,28-,30-/m1/s1. The maximum absolute atomic E-state index is 12.9. The SMILES string of the molecule is COc1ccc(C(OC[C@H]2O[C@@H](n3cc(C)c(N)nc3=O)[C@H](OC)[C@@H]2C[P+](=O)[O-])(c2ccccc2)c2ccccc2)cc1. The average molecular weight is 604 g/mol. The number of nitrogens with zero attached hydrogens (tertiary/aromatic N) is 2. The fraction of sp³-hybridized carbons (Fsp3) is 0.312. The lowest BCUT2D eigenvalue weighted by atomic mass is 9.80. The molecule has 5 atom stereocenters. The number of nitrogens with two attached hydrogens (primary N) is 1. The molecule has 0 spiro atoms. The lowest BCUT2D eigenvalue weighted by Crippen LogP contribution is -2.39. The summed E-state index contributed by atoms with van der Waals surface area (Å²) >= 11 is 0. The Labute approximate surface area is 250 Å². The zero-order chi connectivity index (χ0) is 30.6. The van der Waals surface area contributed by atoms with E-state index in [0.717, 1.165) is 16.7 Å². The third-order valence-corrected chi connectivity index (χ3v) is 8.62. The van der Waals surface area contributed by atoms with Crippen molar-refractivity contribution in [3.8, 4) is 5.75 Å². The predicted octanol–water partition coefficient (Wildman–Crippen LogP) is 3.78. The highest BCUT2D eigenvalue weighted by Gasteiger charge is 2.50. The quantitative estimate of drug-likeness (QED) is 0.201. The van der Waals surface area contributed by atoms with Crippen LogP contribution in [0.15, 0.2) is 95.9 Å². The first kappa shape index (κ1) is 30.5. The third-order valence-electron chi connectivity index (χ3n) is 7.90. The molecule has 1 aliphatic heterocycles. The fourth-order valence-corrected chi connectivity index (χ4v) is 6.53. The molecule has 1 aliphatic rings. The van der Waals surface area contributed by atoms with Gasteiger partial charge in [0.05, 0.1) is 25.7 Å². The molecule has 3 aromatic carbocycles. The van der Waals surface area contributed by atoms with Crippen molar-refractivity contribution >= 4 is 13.8 Å². The Bertz CT molecular complexity index is 1560. The number of nitrogen functional groups attached to an aromatic ring is 1. The minimum absolute atomic E-state index is 0.0177. The summed E-state index contributed by atoms with van der Waals surface area (Å²) in [5.74, 6) is 0.170. The molecule has 0 aliphatic carbocycles. The van der Waals surface area contributed by atoms with E-state index in [-0.39, 0.29) is 18.6 Å². The van der Waals surface area contributed by atoms with Crippen LogP contribution in [-0.2, 0) is 24.4 Å². The molecule has 1 fully saturated rings. The van der Waals surface area contributed by atoms with E-state index in [2.05, 4.69) is 4.98 Å². The molecule has 1 aromatic heterocycles. The van der Waals surface area contributed by atoms with Crippen LogP contribution < -0.4 is 21.1 Å². The lowest BCUT2D eigenvalue weighted by Gasteiger charge is -2.37. The number of aryl methyl sites for hydroxylation is 1. The van der Waals surface area contributed by atoms with Gasteiger partial charge in [-0.2, -0.15) is 4.98 Å². The molecule has 10 nitrogen and oxygen atoms in total. The van der Waals surface area contributed by atoms with E-state index >= 15 is 0 Å². The summed E-state index contributed by atoms with van der Waals surface area (Å²) in [5.41, 5.74) is 7.28. The summed E-state index contributed by atoms with van der Waals surface area (Å²) in [7, 11) is 0.268. The van der Waals surface area contributed by atoms with Crippen LogP contribution in [0.1, 0.15) is 28.5 Å². The van der Waals surface area contributed by atoms with E-state index in [1.54, 1.807) is 20.2 Å². The van der Waals surface area contributed by atoms with Crippen molar-refractivity contribution in [1.82, 2.24) is 9.55 Å². The minimum atomic E-state index is -2.81. The van der Waals surface area contributed by atoms with Crippen LogP contribution in [0.25, 0.3) is 0 Å². The molecule has 4 aromatic rings. The first-order chi connectivity index (χ1) is 20.8. The van der Waals surface area contributed by atoms with Crippen LogP contribution in [0, 0.1) is 12.8 Å². The first-order valence-electron chi connectivity index (χ1n) is 13.8. The molecule has 1 unspecified atom stereocenters. The van der Waals surface area contributed by atoms with Crippen LogP contribution in [0.2, 0.25) is 0 Å². The second-order valence-corrected chi connectivity index (χ2v) is 11.4. The topological polar surface area (TPSA) is 138 Å². The van der Waals surface area contributed by atoms with Crippen molar-refractivity contribution < 1.29 is 28.4 Å². The maximum Gasteiger partial charge on any atom is 0.351 e. The minimum Gasteiger partial charge on any atom is -0.596 e. The van der Waals surface area contributed by atoms with Crippen molar-refractivity contribution in [1.29, 1.82) is 0 Å². The van der Waals surface area contributed by atoms with Crippen LogP contribution in [0.4, 0.5) is 5.82 Å². The van der Waals surface area contributed by atoms with Crippen LogP contribution >= 0.6 is 8.03 Å². The van der Waals surface area contributed by atoms with Crippen LogP contribution in [-0.4, -0.2) is 48.7 Å². The Kier molecular flexibility index (Phi) is 9.34. The summed E-state index contributed by atoms with van der Waals surface area (Å²) < 4.78 is 38.0. The zero-order valence-electron chi connectivity index (χ0n) is 24.2. The molecule has 2 heterocycles. The Morgan fingerprint density at radius 2 is 1.56 bits per heavy atom. The molecule has 43 heavy (non-hydrogen) atoms. The number of ether oxygens (including phenoxy) is 4. The third kappa shape index (κ3) is 6.11. The zero-order valence-corrected chi connectivity index (χ0v) is 25.1. The number of methoxy groups -OCH3 is 2. The van der Waals surface area contributed by atoms with Crippen molar-refractivity contribution in [2.75, 3.05) is 32.7 Å². The van der Waals surface area contributed by atoms with Gasteiger partial charge in [0.1, 0.15) is 23.3 Å². The van der Waals surface area contributed by atoms with Crippen molar-refractivity contribution in [2.24, 2.45) is 5.92 Å². The molecule has 5 rings (SSSR count). The van der Waals surface area contributed by atoms with Gasteiger partial charge in [0.15, 0.2) is 12.4 Å². The number of hydrogen-bond donors (Lipinski definition) is 1. The second kappa shape index (κ2) is 13.2. The van der Waals surface area contributed by atoms with E-state index in [0.29, 0.717) is 11.3 Å². The van der Waals surface area contributed by atoms with E-state index in [4.69, 9.17) is 24.7 Å². The smallest absolute Gasteiger partial charge is 0.351 e. The van der Waals surface area contributed by atoms with Gasteiger partial charge in [-0.05, 0) is 35.7 Å². The number of hydrogen-bond acceptors (Lipinski definition) is 9. The Morgan fingerprint density at radius 3 is 2.09 bits per heavy atom. The largest absolute Gasteiger partial charge is 0.596 e. The van der Waals surface area contributed by atoms with Gasteiger partial charge in [-0.25, -0.2) is 4.79 Å². The highest BCUT2D eigenvalue weighted by atomic mass is 31.1. The molecule has 1 saturated heterocycles. The predicted molar refractivity (Wildman–Crippen MR) is 160 cm³/mol. The van der Waals surface area contributed by atoms with Gasteiger partial charge in [-0.1, -0.05) is 77.4 Å². The van der Waals surface area contributed by atoms with Crippen molar-refractivity contribution in [3.05, 3.63) is 124 Å². The van der Waals surface area contributed by atoms with Crippen molar-refractivity contribution in [2.45, 2.75) is 31.0 Å². The maximum atomic E-state index is 12.9. The number of anilines is 1. The van der Waals surface area contributed by atoms with E-state index in [1.807, 2.05) is 84.9 Å². The van der Waals surface area contributed by atoms with Gasteiger partial charge in [-0.3, -0.25) is 4.57 Å². The monoisotopic (exact) mass is 603 g/mol. The molecular weight excluding hydrogens is 569 g/mol. The number of aromatic nitrogens is 2. The molecule has 224 valence electrons. The average Bonchev–Trinajstić information content (AvgIpc) is 3.36. The summed E-state index contributed by atoms with van der Waals surface area (Å²) in [6.07, 6.45) is -1.14. The first-order valence-corrected chi connectivity index (χ1v) is 15.2. The van der Waals surface area contributed by atoms with Gasteiger partial charge in [0.2, 0.25) is 0 Å². The molecular formula is C32H34N3O7P. The van der Waals surface area contributed by atoms with Gasteiger partial charge in [0, 0.05) is 18.9 Å². The van der Waals surface area contributed by atoms with E-state index < -0.39 is 43.7 Å². The fourth-order valence-electron chi connectivity index (χ4n) is 5.74. The lowest BCUT2D eigenvalue weighted by molar-refractivity contribution is -0.165. The van der Waals surface area contributed by atoms with Crippen LogP contribution in [0.3, 0.4) is 0 Å². The second-order valence-electron chi connectivity index (χ2n) is 10.4. The molecule has 0 amide bonds. The van der Waals surface area contributed by atoms with E-state index in [9.17, 15) is 14.3 Å². The van der Waals surface area contributed by atoms with Gasteiger partial charge in [0.25, 0.3) is 0 Å². The molecule has 11 heteroatoms. The molecule has 0 radical (unpaired) electrons. The highest BCUT2D eigenvalue weighted by molar-refractivity contribution is 7.36. The summed E-state index contributed by atoms with van der Waals surface area (Å²) in [5, 5.41) is 0. The molecule has 0 bridgehead atoms. The molecule has 0 saturated carbocycles.